The van der Waals surface area contributed by atoms with Gasteiger partial charge in [0.1, 0.15) is 11.6 Å². The van der Waals surface area contributed by atoms with E-state index in [0.717, 1.165) is 0 Å². The minimum Gasteiger partial charge on any atom is -0.479 e. The number of hydrogen-bond acceptors (Lipinski definition) is 4. The Morgan fingerprint density at radius 1 is 1.35 bits per heavy atom. The molecule has 1 fully saturated rings. The van der Waals surface area contributed by atoms with E-state index in [9.17, 15) is 19.5 Å². The number of likely N-dealkylation sites (tertiary alicyclic amines) is 1. The van der Waals surface area contributed by atoms with Crippen molar-refractivity contribution in [3.05, 3.63) is 12.7 Å². The highest BCUT2D eigenvalue weighted by Gasteiger charge is 2.50. The van der Waals surface area contributed by atoms with Gasteiger partial charge in [-0.25, -0.2) is 9.59 Å². The Balaban J connectivity index is 2.97. The molecule has 0 radical (unpaired) electrons. The Hall–Kier alpha value is -2.09. The number of aliphatic carboxylic acids is 1. The maximum Gasteiger partial charge on any atom is 0.405 e. The van der Waals surface area contributed by atoms with Crippen molar-refractivity contribution in [3.63, 3.8) is 0 Å². The van der Waals surface area contributed by atoms with Crippen LogP contribution in [0.15, 0.2) is 12.7 Å². The SMILES string of the molecule is C=CC[C@@]1(C(=O)O)CCCN1C(=O)[C@H](CCCCN)NC(=O)O. The lowest BCUT2D eigenvalue weighted by Gasteiger charge is -2.36. The van der Waals surface area contributed by atoms with Crippen molar-refractivity contribution in [3.8, 4) is 0 Å². The largest absolute Gasteiger partial charge is 0.479 e. The Kier molecular flexibility index (Phi) is 7.02. The van der Waals surface area contributed by atoms with Crippen molar-refractivity contribution < 1.29 is 24.6 Å². The van der Waals surface area contributed by atoms with E-state index in [1.165, 1.54) is 11.0 Å². The first kappa shape index (κ1) is 19.0. The van der Waals surface area contributed by atoms with Crippen LogP contribution < -0.4 is 11.1 Å². The lowest BCUT2D eigenvalue weighted by atomic mass is 9.91. The van der Waals surface area contributed by atoms with Gasteiger partial charge in [-0.15, -0.1) is 6.58 Å². The van der Waals surface area contributed by atoms with Crippen LogP contribution in [0.1, 0.15) is 38.5 Å². The normalized spacial score (nSPS) is 21.7. The van der Waals surface area contributed by atoms with Gasteiger partial charge in [0, 0.05) is 6.54 Å². The number of carboxylic acid groups (broad SMARTS) is 2. The number of nitrogens with two attached hydrogens (primary N) is 1. The standard InChI is InChI=1S/C15H25N3O5/c1-2-7-15(13(20)21)8-5-10-18(15)12(19)11(17-14(22)23)6-3-4-9-16/h2,11,17H,1,3-10,16H2,(H,20,21)(H,22,23)/t11-,15-/m0/s1. The van der Waals surface area contributed by atoms with E-state index < -0.39 is 29.6 Å². The third-order valence-electron chi connectivity index (χ3n) is 4.18. The number of hydrogen-bond donors (Lipinski definition) is 4. The number of nitrogens with one attached hydrogen (secondary N) is 1. The van der Waals surface area contributed by atoms with Crippen LogP contribution >= 0.6 is 0 Å². The van der Waals surface area contributed by atoms with Crippen LogP contribution in [0.4, 0.5) is 4.79 Å². The van der Waals surface area contributed by atoms with Gasteiger partial charge < -0.3 is 26.2 Å². The summed E-state index contributed by atoms with van der Waals surface area (Å²) in [7, 11) is 0. The zero-order chi connectivity index (χ0) is 17.5. The molecule has 0 aromatic heterocycles. The van der Waals surface area contributed by atoms with Gasteiger partial charge in [0.2, 0.25) is 5.91 Å². The van der Waals surface area contributed by atoms with Gasteiger partial charge in [0.05, 0.1) is 0 Å². The number of nitrogens with zero attached hydrogens (tertiary/aromatic N) is 1. The zero-order valence-corrected chi connectivity index (χ0v) is 13.2. The molecular formula is C15H25N3O5. The highest BCUT2D eigenvalue weighted by atomic mass is 16.4. The molecule has 0 bridgehead atoms. The second-order valence-electron chi connectivity index (χ2n) is 5.71. The fourth-order valence-electron chi connectivity index (χ4n) is 3.05. The average molecular weight is 327 g/mol. The number of rotatable bonds is 9. The summed E-state index contributed by atoms with van der Waals surface area (Å²) in [6.07, 6.45) is 2.76. The minimum atomic E-state index is -1.33. The van der Waals surface area contributed by atoms with Crippen molar-refractivity contribution in [1.82, 2.24) is 10.2 Å². The molecule has 1 aliphatic heterocycles. The van der Waals surface area contributed by atoms with Crippen LogP contribution in [-0.4, -0.2) is 57.8 Å². The fraction of sp³-hybridized carbons (Fsp3) is 0.667. The number of carbonyl (C=O) groups excluding carboxylic acids is 1. The molecule has 0 aromatic carbocycles. The summed E-state index contributed by atoms with van der Waals surface area (Å²) in [5.74, 6) is -1.58. The van der Waals surface area contributed by atoms with Crippen molar-refractivity contribution in [2.45, 2.75) is 50.1 Å². The maximum absolute atomic E-state index is 12.7. The lowest BCUT2D eigenvalue weighted by molar-refractivity contribution is -0.157. The third kappa shape index (κ3) is 4.44. The molecule has 8 heteroatoms. The first-order valence-corrected chi connectivity index (χ1v) is 7.74. The number of carbonyl (C=O) groups is 3. The smallest absolute Gasteiger partial charge is 0.405 e. The van der Waals surface area contributed by atoms with E-state index >= 15 is 0 Å². The molecule has 130 valence electrons. The Morgan fingerprint density at radius 2 is 2.04 bits per heavy atom. The van der Waals surface area contributed by atoms with Crippen molar-refractivity contribution in [2.24, 2.45) is 5.73 Å². The highest BCUT2D eigenvalue weighted by Crippen LogP contribution is 2.34. The topological polar surface area (TPSA) is 133 Å². The van der Waals surface area contributed by atoms with Crippen molar-refractivity contribution >= 4 is 18.0 Å². The zero-order valence-electron chi connectivity index (χ0n) is 13.2. The lowest BCUT2D eigenvalue weighted by Crippen LogP contribution is -2.58. The molecule has 8 nitrogen and oxygen atoms in total. The van der Waals surface area contributed by atoms with Crippen LogP contribution in [0.2, 0.25) is 0 Å². The van der Waals surface area contributed by atoms with Crippen LogP contribution in [0.3, 0.4) is 0 Å². The predicted molar refractivity (Wildman–Crippen MR) is 84.0 cm³/mol. The molecule has 0 unspecified atom stereocenters. The molecule has 0 spiro atoms. The second kappa shape index (κ2) is 8.52. The molecule has 0 aliphatic carbocycles. The summed E-state index contributed by atoms with van der Waals surface area (Å²) in [6.45, 7) is 4.33. The van der Waals surface area contributed by atoms with Crippen LogP contribution in [0.5, 0.6) is 0 Å². The second-order valence-corrected chi connectivity index (χ2v) is 5.71. The molecule has 2 atom stereocenters. The fourth-order valence-corrected chi connectivity index (χ4v) is 3.05. The summed E-state index contributed by atoms with van der Waals surface area (Å²) in [5, 5.41) is 20.7. The van der Waals surface area contributed by atoms with Crippen LogP contribution in [0, 0.1) is 0 Å². The molecule has 23 heavy (non-hydrogen) atoms. The van der Waals surface area contributed by atoms with E-state index in [1.54, 1.807) is 0 Å². The molecule has 1 rings (SSSR count). The summed E-state index contributed by atoms with van der Waals surface area (Å²) in [6, 6.07) is -0.958. The number of amides is 2. The molecular weight excluding hydrogens is 302 g/mol. The van der Waals surface area contributed by atoms with Gasteiger partial charge in [-0.2, -0.15) is 0 Å². The Labute approximate surface area is 135 Å². The summed E-state index contributed by atoms with van der Waals surface area (Å²) < 4.78 is 0. The van der Waals surface area contributed by atoms with E-state index in [4.69, 9.17) is 10.8 Å². The van der Waals surface area contributed by atoms with Gasteiger partial charge in [-0.05, 0) is 45.1 Å². The van der Waals surface area contributed by atoms with E-state index in [2.05, 4.69) is 11.9 Å². The Morgan fingerprint density at radius 3 is 2.57 bits per heavy atom. The third-order valence-corrected chi connectivity index (χ3v) is 4.18. The average Bonchev–Trinajstić information content (AvgIpc) is 2.90. The first-order valence-electron chi connectivity index (χ1n) is 7.74. The van der Waals surface area contributed by atoms with Crippen LogP contribution in [0.25, 0.3) is 0 Å². The number of unbranched alkanes of at least 4 members (excludes halogenated alkanes) is 1. The predicted octanol–water partition coefficient (Wildman–Crippen LogP) is 0.774. The van der Waals surface area contributed by atoms with Gasteiger partial charge in [-0.1, -0.05) is 6.08 Å². The molecule has 1 aliphatic rings. The number of carboxylic acids is 1. The minimum absolute atomic E-state index is 0.136. The molecule has 0 aromatic rings. The summed E-state index contributed by atoms with van der Waals surface area (Å²) in [4.78, 5) is 36.7. The summed E-state index contributed by atoms with van der Waals surface area (Å²) >= 11 is 0. The summed E-state index contributed by atoms with van der Waals surface area (Å²) in [5.41, 5.74) is 4.09. The van der Waals surface area contributed by atoms with Crippen molar-refractivity contribution in [1.29, 1.82) is 0 Å². The first-order chi connectivity index (χ1) is 10.9. The maximum atomic E-state index is 12.7. The van der Waals surface area contributed by atoms with Gasteiger partial charge in [0.15, 0.2) is 0 Å². The van der Waals surface area contributed by atoms with Gasteiger partial charge in [0.25, 0.3) is 0 Å². The molecule has 1 heterocycles. The quantitative estimate of drug-likeness (QED) is 0.365. The molecule has 1 saturated heterocycles. The molecule has 0 saturated carbocycles. The molecule has 5 N–H and O–H groups in total. The van der Waals surface area contributed by atoms with E-state index in [1.807, 2.05) is 0 Å². The van der Waals surface area contributed by atoms with Gasteiger partial charge >= 0.3 is 12.1 Å². The monoisotopic (exact) mass is 327 g/mol. The van der Waals surface area contributed by atoms with Crippen LogP contribution in [-0.2, 0) is 9.59 Å². The molecule has 2 amide bonds. The Bertz CT molecular complexity index is 468. The van der Waals surface area contributed by atoms with Crippen molar-refractivity contribution in [2.75, 3.05) is 13.1 Å². The van der Waals surface area contributed by atoms with E-state index in [-0.39, 0.29) is 6.42 Å². The highest BCUT2D eigenvalue weighted by molar-refractivity contribution is 5.92. The van der Waals surface area contributed by atoms with Gasteiger partial charge in [-0.3, -0.25) is 4.79 Å². The van der Waals surface area contributed by atoms with E-state index in [0.29, 0.717) is 45.2 Å².